The molecular weight excluding hydrogens is 370 g/mol. The number of benzene rings is 2. The number of hydrogen-bond acceptors (Lipinski definition) is 6. The minimum atomic E-state index is -0.580. The maximum Gasteiger partial charge on any atom is 0.283 e. The second kappa shape index (κ2) is 8.43. The van der Waals surface area contributed by atoms with Crippen LogP contribution in [0.3, 0.4) is 0 Å². The van der Waals surface area contributed by atoms with Crippen molar-refractivity contribution in [3.63, 3.8) is 0 Å². The van der Waals surface area contributed by atoms with Gasteiger partial charge >= 0.3 is 0 Å². The largest absolute Gasteiger partial charge is 0.481 e. The molecule has 4 aromatic rings. The molecular formula is C22H19N3O4. The molecule has 1 amide bonds. The molecule has 146 valence electrons. The van der Waals surface area contributed by atoms with Gasteiger partial charge in [-0.05, 0) is 55.0 Å². The zero-order chi connectivity index (χ0) is 20.1. The van der Waals surface area contributed by atoms with Crippen molar-refractivity contribution in [2.75, 3.05) is 5.32 Å². The summed E-state index contributed by atoms with van der Waals surface area (Å²) in [7, 11) is 0. The molecule has 2 aromatic heterocycles. The van der Waals surface area contributed by atoms with E-state index in [0.29, 0.717) is 35.4 Å². The molecule has 0 aliphatic rings. The highest BCUT2D eigenvalue weighted by Crippen LogP contribution is 2.25. The molecule has 7 nitrogen and oxygen atoms in total. The van der Waals surface area contributed by atoms with E-state index in [0.717, 1.165) is 5.56 Å². The predicted molar refractivity (Wildman–Crippen MR) is 107 cm³/mol. The number of amides is 1. The van der Waals surface area contributed by atoms with E-state index in [9.17, 15) is 4.79 Å². The van der Waals surface area contributed by atoms with Crippen LogP contribution >= 0.6 is 0 Å². The Hall–Kier alpha value is -3.87. The van der Waals surface area contributed by atoms with Crippen molar-refractivity contribution in [2.24, 2.45) is 0 Å². The molecule has 4 rings (SSSR count). The Kier molecular flexibility index (Phi) is 5.38. The Labute approximate surface area is 167 Å². The van der Waals surface area contributed by atoms with Crippen LogP contribution in [0.15, 0.2) is 81.8 Å². The predicted octanol–water partition coefficient (Wildman–Crippen LogP) is 4.79. The summed E-state index contributed by atoms with van der Waals surface area (Å²) in [6.45, 7) is 1.91. The number of carbonyl (C=O) groups excluding carboxylic acids is 1. The first-order chi connectivity index (χ1) is 14.2. The summed E-state index contributed by atoms with van der Waals surface area (Å²) >= 11 is 0. The van der Waals surface area contributed by atoms with Crippen LogP contribution in [-0.2, 0) is 4.79 Å². The molecule has 29 heavy (non-hydrogen) atoms. The third-order valence-corrected chi connectivity index (χ3v) is 4.24. The highest BCUT2D eigenvalue weighted by atomic mass is 16.5. The Balaban J connectivity index is 1.42. The van der Waals surface area contributed by atoms with Crippen LogP contribution in [0.1, 0.15) is 13.3 Å². The zero-order valence-corrected chi connectivity index (χ0v) is 15.7. The Bertz CT molecular complexity index is 1060. The number of carbonyl (C=O) groups is 1. The topological polar surface area (TPSA) is 90.4 Å². The molecule has 2 heterocycles. The fraction of sp³-hybridized carbons (Fsp3) is 0.136. The van der Waals surface area contributed by atoms with Gasteiger partial charge in [-0.2, -0.15) is 0 Å². The summed E-state index contributed by atoms with van der Waals surface area (Å²) in [5, 5.41) is 10.9. The molecule has 0 saturated carbocycles. The molecule has 1 N–H and O–H groups in total. The third kappa shape index (κ3) is 4.35. The van der Waals surface area contributed by atoms with E-state index in [2.05, 4.69) is 15.5 Å². The molecule has 0 fully saturated rings. The number of nitrogens with one attached hydrogen (secondary N) is 1. The number of para-hydroxylation sites is 1. The van der Waals surface area contributed by atoms with Crippen LogP contribution in [-0.4, -0.2) is 22.2 Å². The first-order valence-corrected chi connectivity index (χ1v) is 9.23. The lowest BCUT2D eigenvalue weighted by Crippen LogP contribution is -2.32. The van der Waals surface area contributed by atoms with Gasteiger partial charge in [0.15, 0.2) is 11.9 Å². The van der Waals surface area contributed by atoms with E-state index < -0.39 is 6.10 Å². The molecule has 0 saturated heterocycles. The average molecular weight is 389 g/mol. The first-order valence-electron chi connectivity index (χ1n) is 9.23. The smallest absolute Gasteiger partial charge is 0.283 e. The van der Waals surface area contributed by atoms with E-state index in [1.807, 2.05) is 37.3 Å². The fourth-order valence-corrected chi connectivity index (χ4v) is 2.74. The van der Waals surface area contributed by atoms with Gasteiger partial charge in [-0.3, -0.25) is 4.79 Å². The molecule has 0 unspecified atom stereocenters. The van der Waals surface area contributed by atoms with E-state index in [1.165, 1.54) is 0 Å². The van der Waals surface area contributed by atoms with Gasteiger partial charge in [-0.25, -0.2) is 0 Å². The van der Waals surface area contributed by atoms with Gasteiger partial charge in [0.05, 0.1) is 6.26 Å². The summed E-state index contributed by atoms with van der Waals surface area (Å²) in [4.78, 5) is 12.6. The number of anilines is 1. The van der Waals surface area contributed by atoms with Gasteiger partial charge in [-0.15, -0.1) is 10.2 Å². The fourth-order valence-electron chi connectivity index (χ4n) is 2.74. The van der Waals surface area contributed by atoms with Crippen LogP contribution in [0.5, 0.6) is 5.75 Å². The van der Waals surface area contributed by atoms with E-state index in [1.54, 1.807) is 42.7 Å². The van der Waals surface area contributed by atoms with Crippen molar-refractivity contribution in [1.82, 2.24) is 10.2 Å². The van der Waals surface area contributed by atoms with Crippen LogP contribution < -0.4 is 10.1 Å². The maximum absolute atomic E-state index is 12.6. The summed E-state index contributed by atoms with van der Waals surface area (Å²) in [5.74, 6) is 1.65. The average Bonchev–Trinajstić information content (AvgIpc) is 3.45. The minimum absolute atomic E-state index is 0.206. The zero-order valence-electron chi connectivity index (χ0n) is 15.7. The van der Waals surface area contributed by atoms with Crippen molar-refractivity contribution in [3.8, 4) is 28.9 Å². The lowest BCUT2D eigenvalue weighted by molar-refractivity contribution is -0.122. The summed E-state index contributed by atoms with van der Waals surface area (Å²) in [6.07, 6.45) is 1.52. The highest BCUT2D eigenvalue weighted by Gasteiger charge is 2.19. The van der Waals surface area contributed by atoms with Crippen molar-refractivity contribution >= 4 is 11.6 Å². The molecule has 0 aliphatic carbocycles. The lowest BCUT2D eigenvalue weighted by atomic mass is 10.2. The number of ether oxygens (including phenoxy) is 1. The second-order valence-electron chi connectivity index (χ2n) is 6.28. The van der Waals surface area contributed by atoms with Crippen LogP contribution in [0.2, 0.25) is 0 Å². The molecule has 0 bridgehead atoms. The van der Waals surface area contributed by atoms with E-state index >= 15 is 0 Å². The summed E-state index contributed by atoms with van der Waals surface area (Å²) in [6, 6.07) is 19.9. The SMILES string of the molecule is CC[C@@H](Oc1ccccc1)C(=O)Nc1ccc(-c2nnc(-c3ccco3)o2)cc1. The summed E-state index contributed by atoms with van der Waals surface area (Å²) < 4.78 is 16.7. The van der Waals surface area contributed by atoms with Gasteiger partial charge < -0.3 is 18.9 Å². The van der Waals surface area contributed by atoms with Gasteiger partial charge in [0.1, 0.15) is 5.75 Å². The first kappa shape index (κ1) is 18.5. The van der Waals surface area contributed by atoms with E-state index in [-0.39, 0.29) is 5.91 Å². The van der Waals surface area contributed by atoms with Crippen LogP contribution in [0.25, 0.3) is 23.1 Å². The monoisotopic (exact) mass is 389 g/mol. The Morgan fingerprint density at radius 2 is 1.76 bits per heavy atom. The number of hydrogen-bond donors (Lipinski definition) is 1. The van der Waals surface area contributed by atoms with Crippen molar-refractivity contribution in [1.29, 1.82) is 0 Å². The van der Waals surface area contributed by atoms with Gasteiger partial charge in [0.2, 0.25) is 5.89 Å². The molecule has 2 aromatic carbocycles. The van der Waals surface area contributed by atoms with Crippen LogP contribution in [0.4, 0.5) is 5.69 Å². The molecule has 1 atom stereocenters. The number of nitrogens with zero attached hydrogens (tertiary/aromatic N) is 2. The molecule has 0 aliphatic heterocycles. The number of rotatable bonds is 7. The Morgan fingerprint density at radius 1 is 1.00 bits per heavy atom. The quantitative estimate of drug-likeness (QED) is 0.489. The van der Waals surface area contributed by atoms with Crippen molar-refractivity contribution in [3.05, 3.63) is 73.0 Å². The van der Waals surface area contributed by atoms with Crippen molar-refractivity contribution < 1.29 is 18.4 Å². The minimum Gasteiger partial charge on any atom is -0.481 e. The molecule has 0 spiro atoms. The summed E-state index contributed by atoms with van der Waals surface area (Å²) in [5.41, 5.74) is 1.39. The third-order valence-electron chi connectivity index (χ3n) is 4.24. The lowest BCUT2D eigenvalue weighted by Gasteiger charge is -2.17. The Morgan fingerprint density at radius 3 is 2.45 bits per heavy atom. The number of aromatic nitrogens is 2. The van der Waals surface area contributed by atoms with Gasteiger partial charge in [0, 0.05) is 11.3 Å². The normalized spacial score (nSPS) is 11.8. The number of furan rings is 1. The highest BCUT2D eigenvalue weighted by molar-refractivity contribution is 5.94. The van der Waals surface area contributed by atoms with E-state index in [4.69, 9.17) is 13.6 Å². The standard InChI is InChI=1S/C22H19N3O4/c1-2-18(28-17-7-4-3-5-8-17)20(26)23-16-12-10-15(11-13-16)21-24-25-22(29-21)19-9-6-14-27-19/h3-14,18H,2H2,1H3,(H,23,26)/t18-/m1/s1. The van der Waals surface area contributed by atoms with Gasteiger partial charge in [-0.1, -0.05) is 25.1 Å². The van der Waals surface area contributed by atoms with Crippen LogP contribution in [0, 0.1) is 0 Å². The molecule has 0 radical (unpaired) electrons. The molecule has 7 heteroatoms. The van der Waals surface area contributed by atoms with Gasteiger partial charge in [0.25, 0.3) is 11.8 Å². The van der Waals surface area contributed by atoms with Crippen molar-refractivity contribution in [2.45, 2.75) is 19.4 Å². The maximum atomic E-state index is 12.6. The second-order valence-corrected chi connectivity index (χ2v) is 6.28.